The van der Waals surface area contributed by atoms with E-state index in [0.717, 1.165) is 40.7 Å². The Labute approximate surface area is 309 Å². The summed E-state index contributed by atoms with van der Waals surface area (Å²) in [5, 5.41) is 14.0. The van der Waals surface area contributed by atoms with Crippen molar-refractivity contribution >= 4 is 46.6 Å². The Morgan fingerprint density at radius 3 is 2.37 bits per heavy atom. The summed E-state index contributed by atoms with van der Waals surface area (Å²) in [5.74, 6) is 0.314. The minimum absolute atomic E-state index is 0.0156. The number of carbonyl (C=O) groups excluding carboxylic acids is 2. The molecule has 3 aromatic carbocycles. The minimum Gasteiger partial charge on any atom is -0.490 e. The van der Waals surface area contributed by atoms with Crippen LogP contribution >= 0.6 is 23.2 Å². The molecule has 0 aromatic heterocycles. The highest BCUT2D eigenvalue weighted by molar-refractivity contribution is 6.32. The van der Waals surface area contributed by atoms with Crippen LogP contribution in [0.2, 0.25) is 10.0 Å². The lowest BCUT2D eigenvalue weighted by molar-refractivity contribution is -0.138. The second kappa shape index (κ2) is 16.5. The molecule has 1 aliphatic carbocycles. The Balaban J connectivity index is 1.20. The van der Waals surface area contributed by atoms with Crippen molar-refractivity contribution in [3.63, 3.8) is 0 Å². The molecule has 1 saturated heterocycles. The third-order valence-electron chi connectivity index (χ3n) is 9.96. The van der Waals surface area contributed by atoms with Crippen molar-refractivity contribution in [3.8, 4) is 11.5 Å². The van der Waals surface area contributed by atoms with Crippen LogP contribution < -0.4 is 14.8 Å². The van der Waals surface area contributed by atoms with Gasteiger partial charge in [0.1, 0.15) is 24.7 Å². The summed E-state index contributed by atoms with van der Waals surface area (Å²) in [6.07, 6.45) is 3.54. The molecule has 3 aromatic rings. The number of carboxylic acids is 1. The van der Waals surface area contributed by atoms with Crippen LogP contribution in [0.25, 0.3) is 5.57 Å². The molecule has 0 unspecified atom stereocenters. The van der Waals surface area contributed by atoms with Crippen LogP contribution in [0.4, 0.5) is 0 Å². The van der Waals surface area contributed by atoms with E-state index in [1.807, 2.05) is 79.4 Å². The van der Waals surface area contributed by atoms with Crippen LogP contribution in [0.3, 0.4) is 0 Å². The third kappa shape index (κ3) is 9.25. The molecule has 2 bridgehead atoms. The van der Waals surface area contributed by atoms with Crippen LogP contribution in [0.1, 0.15) is 60.8 Å². The molecule has 1 saturated carbocycles. The van der Waals surface area contributed by atoms with Gasteiger partial charge in [-0.3, -0.25) is 14.4 Å². The van der Waals surface area contributed by atoms with Crippen molar-refractivity contribution in [2.75, 3.05) is 32.8 Å². The monoisotopic (exact) mass is 733 g/mol. The Morgan fingerprint density at radius 2 is 1.65 bits per heavy atom. The highest BCUT2D eigenvalue weighted by Crippen LogP contribution is 2.37. The van der Waals surface area contributed by atoms with Crippen LogP contribution in [-0.2, 0) is 20.8 Å². The molecule has 2 N–H and O–H groups in total. The van der Waals surface area contributed by atoms with Gasteiger partial charge in [0.05, 0.1) is 11.1 Å². The lowest BCUT2D eigenvalue weighted by atomic mass is 9.82. The number of nitrogens with zero attached hydrogens (tertiary/aromatic N) is 2. The first kappa shape index (κ1) is 36.7. The molecule has 9 nitrogen and oxygen atoms in total. The van der Waals surface area contributed by atoms with Crippen LogP contribution in [0.15, 0.2) is 66.2 Å². The molecule has 3 aliphatic rings. The number of ether oxygens (including phenoxy) is 2. The highest BCUT2D eigenvalue weighted by Gasteiger charge is 2.43. The summed E-state index contributed by atoms with van der Waals surface area (Å²) < 4.78 is 11.9. The van der Waals surface area contributed by atoms with Gasteiger partial charge in [0.25, 0.3) is 5.91 Å². The molecule has 51 heavy (non-hydrogen) atoms. The standard InChI is InChI=1S/C40H45Cl2N3O6/c1-25-20-34(42)36(21-26(25)2)51-19-18-50-31-14-10-27(11-15-31)32-22-29-23-44(37(46)8-5-9-38(47)48)24-35(43-29)39(32)40(49)45(30-12-13-30)17-16-28-6-3-4-7-33(28)41/h3-4,6-7,10-11,14-15,20-21,29-30,35,43H,5,8-9,12-13,16-19,22-24H2,1-2H3,(H,47,48)/t29-,35-/m1/s1. The Bertz CT molecular complexity index is 1790. The van der Waals surface area contributed by atoms with Gasteiger partial charge in [-0.15, -0.1) is 0 Å². The van der Waals surface area contributed by atoms with E-state index in [2.05, 4.69) is 5.32 Å². The van der Waals surface area contributed by atoms with Gasteiger partial charge in [-0.1, -0.05) is 53.5 Å². The Kier molecular flexibility index (Phi) is 11.9. The maximum atomic E-state index is 14.7. The number of carboxylic acid groups (broad SMARTS) is 1. The Hall–Kier alpha value is -4.05. The number of piperazine rings is 1. The number of aryl methyl sites for hydroxylation is 2. The van der Waals surface area contributed by atoms with Crippen molar-refractivity contribution in [1.29, 1.82) is 0 Å². The van der Waals surface area contributed by atoms with E-state index in [9.17, 15) is 14.4 Å². The summed E-state index contributed by atoms with van der Waals surface area (Å²) >= 11 is 12.8. The summed E-state index contributed by atoms with van der Waals surface area (Å²) in [5.41, 5.74) is 5.83. The molecule has 0 radical (unpaired) electrons. The number of fused-ring (bicyclic) bond motifs is 2. The van der Waals surface area contributed by atoms with Crippen molar-refractivity contribution in [2.45, 2.75) is 76.9 Å². The van der Waals surface area contributed by atoms with Gasteiger partial charge in [0, 0.05) is 55.2 Å². The minimum atomic E-state index is -0.913. The first-order valence-corrected chi connectivity index (χ1v) is 18.5. The molecular weight excluding hydrogens is 689 g/mol. The molecule has 2 amide bonds. The topological polar surface area (TPSA) is 108 Å². The van der Waals surface area contributed by atoms with Gasteiger partial charge in [-0.25, -0.2) is 0 Å². The average molecular weight is 735 g/mol. The van der Waals surface area contributed by atoms with Gasteiger partial charge in [-0.2, -0.15) is 0 Å². The molecule has 270 valence electrons. The SMILES string of the molecule is Cc1cc(Cl)c(OCCOc2ccc(C3=C(C(=O)N(CCc4ccccc4Cl)C4CC4)[C@H]4CN(C(=O)CCCC(=O)O)C[C@@H](C3)N4)cc2)cc1C. The number of halogens is 2. The first-order chi connectivity index (χ1) is 24.6. The lowest BCUT2D eigenvalue weighted by Crippen LogP contribution is -2.62. The van der Waals surface area contributed by atoms with E-state index in [1.54, 1.807) is 4.90 Å². The van der Waals surface area contributed by atoms with Crippen molar-refractivity contribution in [2.24, 2.45) is 0 Å². The maximum Gasteiger partial charge on any atom is 0.303 e. The summed E-state index contributed by atoms with van der Waals surface area (Å²) in [6.45, 7) is 6.09. The number of hydrogen-bond acceptors (Lipinski definition) is 6. The number of nitrogens with one attached hydrogen (secondary N) is 1. The van der Waals surface area contributed by atoms with Crippen LogP contribution in [0, 0.1) is 13.8 Å². The molecule has 0 spiro atoms. The third-order valence-corrected chi connectivity index (χ3v) is 10.6. The molecular formula is C40H45Cl2N3O6. The fourth-order valence-corrected chi connectivity index (χ4v) is 7.48. The number of hydrogen-bond donors (Lipinski definition) is 2. The van der Waals surface area contributed by atoms with Crippen molar-refractivity contribution < 1.29 is 29.0 Å². The molecule has 2 heterocycles. The van der Waals surface area contributed by atoms with Gasteiger partial charge in [-0.05, 0) is 104 Å². The molecule has 6 rings (SSSR count). The van der Waals surface area contributed by atoms with E-state index in [4.69, 9.17) is 37.8 Å². The molecule has 11 heteroatoms. The second-order valence-corrected chi connectivity index (χ2v) is 14.5. The number of amides is 2. The molecule has 2 aliphatic heterocycles. The molecule has 2 atom stereocenters. The van der Waals surface area contributed by atoms with Crippen LogP contribution in [0.5, 0.6) is 11.5 Å². The average Bonchev–Trinajstić information content (AvgIpc) is 3.95. The fourth-order valence-electron chi connectivity index (χ4n) is 6.98. The summed E-state index contributed by atoms with van der Waals surface area (Å²) in [4.78, 5) is 42.7. The van der Waals surface area contributed by atoms with Gasteiger partial charge >= 0.3 is 5.97 Å². The number of benzene rings is 3. The predicted octanol–water partition coefficient (Wildman–Crippen LogP) is 6.88. The van der Waals surface area contributed by atoms with Gasteiger partial charge < -0.3 is 29.7 Å². The van der Waals surface area contributed by atoms with E-state index >= 15 is 0 Å². The van der Waals surface area contributed by atoms with Gasteiger partial charge in [0.15, 0.2) is 0 Å². The van der Waals surface area contributed by atoms with E-state index < -0.39 is 5.97 Å². The predicted molar refractivity (Wildman–Crippen MR) is 199 cm³/mol. The number of rotatable bonds is 15. The number of carbonyl (C=O) groups is 3. The van der Waals surface area contributed by atoms with Gasteiger partial charge in [0.2, 0.25) is 5.91 Å². The Morgan fingerprint density at radius 1 is 0.922 bits per heavy atom. The molecule has 2 fully saturated rings. The highest BCUT2D eigenvalue weighted by atomic mass is 35.5. The largest absolute Gasteiger partial charge is 0.490 e. The number of aliphatic carboxylic acids is 1. The zero-order chi connectivity index (χ0) is 36.1. The van der Waals surface area contributed by atoms with Crippen LogP contribution in [-0.4, -0.2) is 83.7 Å². The quantitative estimate of drug-likeness (QED) is 0.164. The van der Waals surface area contributed by atoms with Crippen molar-refractivity contribution in [3.05, 3.63) is 98.5 Å². The van der Waals surface area contributed by atoms with E-state index in [-0.39, 0.29) is 49.2 Å². The zero-order valence-electron chi connectivity index (χ0n) is 29.1. The normalized spacial score (nSPS) is 18.4. The van der Waals surface area contributed by atoms with E-state index in [0.29, 0.717) is 72.8 Å². The smallest absolute Gasteiger partial charge is 0.303 e. The fraction of sp³-hybridized carbons (Fsp3) is 0.425. The zero-order valence-corrected chi connectivity index (χ0v) is 30.6. The first-order valence-electron chi connectivity index (χ1n) is 17.7. The van der Waals surface area contributed by atoms with Crippen molar-refractivity contribution in [1.82, 2.24) is 15.1 Å². The maximum absolute atomic E-state index is 14.7. The lowest BCUT2D eigenvalue weighted by Gasteiger charge is -2.45. The van der Waals surface area contributed by atoms with E-state index in [1.165, 1.54) is 0 Å². The summed E-state index contributed by atoms with van der Waals surface area (Å²) in [7, 11) is 0. The summed E-state index contributed by atoms with van der Waals surface area (Å²) in [6, 6.07) is 19.2. The second-order valence-electron chi connectivity index (χ2n) is 13.7.